The minimum atomic E-state index is 0.611. The number of fused-ring (bicyclic) bond motifs is 1. The maximum absolute atomic E-state index is 5.96. The molecule has 1 aromatic heterocycles. The first-order chi connectivity index (χ1) is 9.20. The summed E-state index contributed by atoms with van der Waals surface area (Å²) in [4.78, 5) is 4.85. The van der Waals surface area contributed by atoms with Gasteiger partial charge in [-0.15, -0.1) is 11.6 Å². The molecule has 0 aliphatic heterocycles. The maximum atomic E-state index is 5.96. The van der Waals surface area contributed by atoms with Crippen LogP contribution in [-0.4, -0.2) is 15.4 Å². The van der Waals surface area contributed by atoms with Gasteiger partial charge in [0.25, 0.3) is 0 Å². The second-order valence-corrected chi connectivity index (χ2v) is 6.23. The normalized spacial score (nSPS) is 23.3. The monoisotopic (exact) mass is 276 g/mol. The lowest BCUT2D eigenvalue weighted by Gasteiger charge is -2.16. The van der Waals surface area contributed by atoms with Gasteiger partial charge < -0.3 is 4.57 Å². The Morgan fingerprint density at radius 1 is 1.37 bits per heavy atom. The van der Waals surface area contributed by atoms with E-state index >= 15 is 0 Å². The quantitative estimate of drug-likeness (QED) is 0.756. The third-order valence-corrected chi connectivity index (χ3v) is 4.53. The van der Waals surface area contributed by atoms with Crippen molar-refractivity contribution in [1.29, 1.82) is 0 Å². The average Bonchev–Trinajstić information content (AvgIpc) is 2.94. The lowest BCUT2D eigenvalue weighted by Crippen LogP contribution is -2.10. The van der Waals surface area contributed by atoms with E-state index in [-0.39, 0.29) is 0 Å². The largest absolute Gasteiger partial charge is 0.325 e. The minimum Gasteiger partial charge on any atom is -0.325 e. The molecule has 2 atom stereocenters. The van der Waals surface area contributed by atoms with E-state index in [0.29, 0.717) is 11.9 Å². The molecule has 0 bridgehead atoms. The summed E-state index contributed by atoms with van der Waals surface area (Å²) in [5.74, 6) is 2.64. The van der Waals surface area contributed by atoms with E-state index in [0.717, 1.165) is 17.9 Å². The van der Waals surface area contributed by atoms with Crippen molar-refractivity contribution in [2.75, 3.05) is 5.88 Å². The summed E-state index contributed by atoms with van der Waals surface area (Å²) in [6, 6.07) is 7.09. The zero-order valence-corrected chi connectivity index (χ0v) is 12.5. The maximum Gasteiger partial charge on any atom is 0.111 e. The van der Waals surface area contributed by atoms with Crippen LogP contribution in [0.5, 0.6) is 0 Å². The summed E-state index contributed by atoms with van der Waals surface area (Å²) >= 11 is 5.96. The van der Waals surface area contributed by atoms with Gasteiger partial charge in [0, 0.05) is 18.3 Å². The van der Waals surface area contributed by atoms with Crippen LogP contribution in [0.3, 0.4) is 0 Å². The van der Waals surface area contributed by atoms with Gasteiger partial charge in [-0.25, -0.2) is 4.98 Å². The smallest absolute Gasteiger partial charge is 0.111 e. The Labute approximate surface area is 119 Å². The van der Waals surface area contributed by atoms with Gasteiger partial charge in [0.1, 0.15) is 5.82 Å². The topological polar surface area (TPSA) is 17.8 Å². The second kappa shape index (κ2) is 5.16. The van der Waals surface area contributed by atoms with Gasteiger partial charge in [0.05, 0.1) is 11.0 Å². The summed E-state index contributed by atoms with van der Waals surface area (Å²) in [5, 5.41) is 0. The van der Waals surface area contributed by atoms with Gasteiger partial charge >= 0.3 is 0 Å². The van der Waals surface area contributed by atoms with Crippen molar-refractivity contribution in [3.63, 3.8) is 0 Å². The first-order valence-corrected chi connectivity index (χ1v) is 7.76. The molecule has 2 aromatic rings. The fourth-order valence-electron chi connectivity index (χ4n) is 3.39. The van der Waals surface area contributed by atoms with Crippen LogP contribution in [0.4, 0.5) is 0 Å². The third kappa shape index (κ3) is 2.27. The van der Waals surface area contributed by atoms with Gasteiger partial charge in [-0.2, -0.15) is 0 Å². The standard InChI is InChI=1S/C16H21ClN2/c1-11-6-7-13(10-11)19-14-5-3-4-12(2)16(14)18-15(19)8-9-17/h3-5,11,13H,6-10H2,1-2H3. The lowest BCUT2D eigenvalue weighted by atomic mass is 10.1. The van der Waals surface area contributed by atoms with E-state index in [1.807, 2.05) is 0 Å². The van der Waals surface area contributed by atoms with E-state index < -0.39 is 0 Å². The molecule has 0 radical (unpaired) electrons. The zero-order chi connectivity index (χ0) is 13.4. The lowest BCUT2D eigenvalue weighted by molar-refractivity contribution is 0.490. The number of halogens is 1. The Balaban J connectivity index is 2.14. The Morgan fingerprint density at radius 2 is 2.21 bits per heavy atom. The summed E-state index contributed by atoms with van der Waals surface area (Å²) in [5.41, 5.74) is 3.71. The summed E-state index contributed by atoms with van der Waals surface area (Å²) in [6.07, 6.45) is 4.74. The highest BCUT2D eigenvalue weighted by Gasteiger charge is 2.26. The fourth-order valence-corrected chi connectivity index (χ4v) is 3.55. The Kier molecular flexibility index (Phi) is 3.53. The molecule has 3 rings (SSSR count). The predicted octanol–water partition coefficient (Wildman–Crippen LogP) is 4.49. The summed E-state index contributed by atoms with van der Waals surface area (Å²) in [7, 11) is 0. The van der Waals surface area contributed by atoms with Crippen molar-refractivity contribution in [3.05, 3.63) is 29.6 Å². The molecule has 3 heteroatoms. The number of hydrogen-bond acceptors (Lipinski definition) is 1. The molecule has 0 spiro atoms. The molecule has 2 nitrogen and oxygen atoms in total. The number of benzene rings is 1. The number of hydrogen-bond donors (Lipinski definition) is 0. The molecule has 1 aliphatic rings. The van der Waals surface area contributed by atoms with Gasteiger partial charge in [-0.05, 0) is 43.7 Å². The summed E-state index contributed by atoms with van der Waals surface area (Å²) in [6.45, 7) is 4.49. The van der Waals surface area contributed by atoms with Gasteiger partial charge in [-0.3, -0.25) is 0 Å². The van der Waals surface area contributed by atoms with Crippen molar-refractivity contribution >= 4 is 22.6 Å². The highest BCUT2D eigenvalue weighted by Crippen LogP contribution is 2.37. The van der Waals surface area contributed by atoms with Gasteiger partial charge in [0.2, 0.25) is 0 Å². The number of alkyl halides is 1. The predicted molar refractivity (Wildman–Crippen MR) is 80.9 cm³/mol. The number of nitrogens with zero attached hydrogens (tertiary/aromatic N) is 2. The van der Waals surface area contributed by atoms with Crippen molar-refractivity contribution in [3.8, 4) is 0 Å². The molecule has 1 fully saturated rings. The molecule has 0 saturated heterocycles. The Morgan fingerprint density at radius 3 is 2.89 bits per heavy atom. The molecule has 102 valence electrons. The van der Waals surface area contributed by atoms with Crippen molar-refractivity contribution in [2.45, 2.75) is 45.6 Å². The Hall–Kier alpha value is -1.02. The average molecular weight is 277 g/mol. The highest BCUT2D eigenvalue weighted by molar-refractivity contribution is 6.17. The second-order valence-electron chi connectivity index (χ2n) is 5.85. The molecule has 1 aliphatic carbocycles. The Bertz CT molecular complexity index is 588. The molecule has 1 saturated carbocycles. The molecule has 1 aromatic carbocycles. The van der Waals surface area contributed by atoms with E-state index in [9.17, 15) is 0 Å². The van der Waals surface area contributed by atoms with E-state index in [4.69, 9.17) is 16.6 Å². The minimum absolute atomic E-state index is 0.611. The van der Waals surface area contributed by atoms with Crippen LogP contribution in [0.2, 0.25) is 0 Å². The van der Waals surface area contributed by atoms with Crippen molar-refractivity contribution in [1.82, 2.24) is 9.55 Å². The van der Waals surface area contributed by atoms with Crippen LogP contribution in [0.1, 0.15) is 43.6 Å². The number of rotatable bonds is 3. The molecule has 1 heterocycles. The van der Waals surface area contributed by atoms with Gasteiger partial charge in [-0.1, -0.05) is 19.1 Å². The third-order valence-electron chi connectivity index (χ3n) is 4.35. The highest BCUT2D eigenvalue weighted by atomic mass is 35.5. The van der Waals surface area contributed by atoms with Crippen LogP contribution < -0.4 is 0 Å². The van der Waals surface area contributed by atoms with Crippen LogP contribution >= 0.6 is 11.6 Å². The molecule has 2 unspecified atom stereocenters. The van der Waals surface area contributed by atoms with Crippen LogP contribution in [0, 0.1) is 12.8 Å². The molecule has 0 amide bonds. The first kappa shape index (κ1) is 13.0. The van der Waals surface area contributed by atoms with E-state index in [1.165, 1.54) is 36.2 Å². The summed E-state index contributed by atoms with van der Waals surface area (Å²) < 4.78 is 2.47. The van der Waals surface area contributed by atoms with E-state index in [2.05, 4.69) is 36.6 Å². The van der Waals surface area contributed by atoms with Crippen LogP contribution in [0.25, 0.3) is 11.0 Å². The van der Waals surface area contributed by atoms with Crippen LogP contribution in [0.15, 0.2) is 18.2 Å². The SMILES string of the molecule is Cc1cccc2c1nc(CCCl)n2C1CCC(C)C1. The fraction of sp³-hybridized carbons (Fsp3) is 0.562. The first-order valence-electron chi connectivity index (χ1n) is 7.23. The molecule has 0 N–H and O–H groups in total. The molecular formula is C16H21ClN2. The number of para-hydroxylation sites is 1. The number of aromatic nitrogens is 2. The molecular weight excluding hydrogens is 256 g/mol. The molecule has 19 heavy (non-hydrogen) atoms. The number of aryl methyl sites for hydroxylation is 2. The van der Waals surface area contributed by atoms with Crippen molar-refractivity contribution < 1.29 is 0 Å². The van der Waals surface area contributed by atoms with E-state index in [1.54, 1.807) is 0 Å². The van der Waals surface area contributed by atoms with Gasteiger partial charge in [0.15, 0.2) is 0 Å². The number of imidazole rings is 1. The van der Waals surface area contributed by atoms with Crippen molar-refractivity contribution in [2.24, 2.45) is 5.92 Å². The van der Waals surface area contributed by atoms with Crippen LogP contribution in [-0.2, 0) is 6.42 Å². The zero-order valence-electron chi connectivity index (χ0n) is 11.7.